The minimum Gasteiger partial charge on any atom is -0.418 e. The highest BCUT2D eigenvalue weighted by Gasteiger charge is 2.35. The summed E-state index contributed by atoms with van der Waals surface area (Å²) in [6.07, 6.45) is -4.93. The van der Waals surface area contributed by atoms with Crippen molar-refractivity contribution in [3.63, 3.8) is 0 Å². The van der Waals surface area contributed by atoms with Crippen LogP contribution in [0.2, 0.25) is 19.1 Å². The van der Waals surface area contributed by atoms with E-state index in [0.29, 0.717) is 0 Å². The van der Waals surface area contributed by atoms with E-state index in [9.17, 15) is 13.2 Å². The van der Waals surface area contributed by atoms with E-state index in [1.54, 1.807) is 13.1 Å². The fourth-order valence-electron chi connectivity index (χ4n) is 0.955. The number of halogens is 3. The molecule has 0 unspecified atom stereocenters. The van der Waals surface area contributed by atoms with Crippen molar-refractivity contribution in [3.8, 4) is 0 Å². The molecular weight excluding hydrogens is 245 g/mol. The fraction of sp³-hybridized carbons (Fsp3) is 1.00. The van der Waals surface area contributed by atoms with Crippen LogP contribution in [0.5, 0.6) is 0 Å². The van der Waals surface area contributed by atoms with Gasteiger partial charge >= 0.3 is 15.7 Å². The summed E-state index contributed by atoms with van der Waals surface area (Å²) in [7, 11) is -1.66. The van der Waals surface area contributed by atoms with Gasteiger partial charge in [-0.1, -0.05) is 0 Å². The quantitative estimate of drug-likeness (QED) is 0.687. The lowest BCUT2D eigenvalue weighted by molar-refractivity contribution is -0.131. The third kappa shape index (κ3) is 7.97. The minimum absolute atomic E-state index is 0.0344. The lowest BCUT2D eigenvalue weighted by atomic mass is 10.5. The van der Waals surface area contributed by atoms with Gasteiger partial charge in [0.25, 0.3) is 0 Å². The molecule has 0 N–H and O–H groups in total. The van der Waals surface area contributed by atoms with Gasteiger partial charge in [-0.05, 0) is 19.1 Å². The van der Waals surface area contributed by atoms with Crippen LogP contribution in [0.4, 0.5) is 13.2 Å². The van der Waals surface area contributed by atoms with Gasteiger partial charge in [0.1, 0.15) is 0 Å². The second-order valence-corrected chi connectivity index (χ2v) is 10.2. The van der Waals surface area contributed by atoms with Crippen LogP contribution in [-0.2, 0) is 13.0 Å². The van der Waals surface area contributed by atoms with E-state index in [-0.39, 0.29) is 6.04 Å². The Hall–Kier alpha value is 0.104. The Morgan fingerprint density at radius 2 is 1.60 bits per heavy atom. The first kappa shape index (κ1) is 15.1. The third-order valence-corrected chi connectivity index (χ3v) is 7.36. The molecule has 0 amide bonds. The molecule has 8 heteroatoms. The lowest BCUT2D eigenvalue weighted by Gasteiger charge is -2.26. The van der Waals surface area contributed by atoms with Crippen molar-refractivity contribution in [3.05, 3.63) is 0 Å². The van der Waals surface area contributed by atoms with Crippen molar-refractivity contribution >= 4 is 17.8 Å². The molecule has 0 spiro atoms. The van der Waals surface area contributed by atoms with E-state index in [4.69, 9.17) is 13.0 Å². The largest absolute Gasteiger partial charge is 0.473 e. The zero-order valence-electron chi connectivity index (χ0n) is 9.35. The average molecular weight is 262 g/mol. The molecule has 0 aromatic carbocycles. The van der Waals surface area contributed by atoms with Gasteiger partial charge < -0.3 is 13.0 Å². The molecule has 0 radical (unpaired) electrons. The highest BCUT2D eigenvalue weighted by molar-refractivity contribution is 6.76. The molecule has 0 aromatic rings. The van der Waals surface area contributed by atoms with Crippen molar-refractivity contribution in [1.82, 2.24) is 0 Å². The summed E-state index contributed by atoms with van der Waals surface area (Å²) in [5, 5.41) is 0. The highest BCUT2D eigenvalue weighted by atomic mass is 28.4. The summed E-state index contributed by atoms with van der Waals surface area (Å²) in [6.45, 7) is 3.47. The molecule has 0 aliphatic carbocycles. The van der Waals surface area contributed by atoms with Gasteiger partial charge in [0.05, 0.1) is 0 Å². The molecule has 0 atom stereocenters. The molecule has 0 saturated heterocycles. The minimum atomic E-state index is -4.12. The van der Waals surface area contributed by atoms with Gasteiger partial charge in [0, 0.05) is 20.6 Å². The maximum absolute atomic E-state index is 12.0. The predicted octanol–water partition coefficient (Wildman–Crippen LogP) is 2.17. The molecule has 0 aliphatic rings. The number of rotatable bonds is 6. The van der Waals surface area contributed by atoms with Crippen molar-refractivity contribution < 1.29 is 26.1 Å². The number of hydrogen-bond acceptors (Lipinski definition) is 3. The molecule has 92 valence electrons. The van der Waals surface area contributed by atoms with E-state index >= 15 is 0 Å². The summed E-state index contributed by atoms with van der Waals surface area (Å²) in [6, 6.07) is 0.0344. The predicted molar refractivity (Wildman–Crippen MR) is 55.2 cm³/mol. The summed E-state index contributed by atoms with van der Waals surface area (Å²) in [4.78, 5) is 0. The molecule has 0 aromatic heterocycles. The number of hydrogen-bond donors (Lipinski definition) is 0. The summed E-state index contributed by atoms with van der Waals surface area (Å²) in [5.74, 6) is 0. The highest BCUT2D eigenvalue weighted by Crippen LogP contribution is 2.26. The standard InChI is InChI=1S/C7H17F3O3Si2/c1-11-14(12-2)13-15(3,4)6-5-7(8,9)10/h14H,5-6H2,1-4H3. The van der Waals surface area contributed by atoms with Gasteiger partial charge in [0.15, 0.2) is 8.32 Å². The Kier molecular flexibility index (Phi) is 6.03. The Labute approximate surface area is 90.6 Å². The van der Waals surface area contributed by atoms with E-state index in [1.165, 1.54) is 14.2 Å². The molecule has 15 heavy (non-hydrogen) atoms. The lowest BCUT2D eigenvalue weighted by Crippen LogP contribution is -2.41. The molecule has 0 fully saturated rings. The maximum atomic E-state index is 12.0. The second kappa shape index (κ2) is 5.99. The molecule has 0 bridgehead atoms. The van der Waals surface area contributed by atoms with Gasteiger partial charge in [-0.25, -0.2) is 0 Å². The zero-order chi connectivity index (χ0) is 12.1. The second-order valence-electron chi connectivity index (χ2n) is 3.75. The van der Waals surface area contributed by atoms with Crippen molar-refractivity contribution in [2.45, 2.75) is 31.7 Å². The van der Waals surface area contributed by atoms with Crippen LogP contribution in [0.1, 0.15) is 6.42 Å². The van der Waals surface area contributed by atoms with Crippen molar-refractivity contribution in [2.75, 3.05) is 14.2 Å². The Morgan fingerprint density at radius 3 is 1.93 bits per heavy atom. The van der Waals surface area contributed by atoms with Crippen LogP contribution in [-0.4, -0.2) is 38.2 Å². The van der Waals surface area contributed by atoms with Crippen LogP contribution in [0.25, 0.3) is 0 Å². The van der Waals surface area contributed by atoms with Crippen molar-refractivity contribution in [2.24, 2.45) is 0 Å². The van der Waals surface area contributed by atoms with Gasteiger partial charge in [-0.15, -0.1) is 0 Å². The first-order valence-electron chi connectivity index (χ1n) is 4.50. The first-order valence-corrected chi connectivity index (χ1v) is 9.03. The van der Waals surface area contributed by atoms with Crippen LogP contribution in [0.3, 0.4) is 0 Å². The van der Waals surface area contributed by atoms with Crippen LogP contribution < -0.4 is 0 Å². The maximum Gasteiger partial charge on any atom is 0.473 e. The van der Waals surface area contributed by atoms with E-state index < -0.39 is 30.4 Å². The molecular formula is C7H17F3O3Si2. The Morgan fingerprint density at radius 1 is 1.13 bits per heavy atom. The van der Waals surface area contributed by atoms with Gasteiger partial charge in [-0.3, -0.25) is 0 Å². The zero-order valence-corrected chi connectivity index (χ0v) is 11.5. The normalized spacial score (nSPS) is 13.6. The summed E-state index contributed by atoms with van der Waals surface area (Å²) in [5.41, 5.74) is 0. The summed E-state index contributed by atoms with van der Waals surface area (Å²) < 4.78 is 51.3. The van der Waals surface area contributed by atoms with Crippen LogP contribution in [0, 0.1) is 0 Å². The van der Waals surface area contributed by atoms with Crippen LogP contribution in [0.15, 0.2) is 0 Å². The number of alkyl halides is 3. The van der Waals surface area contributed by atoms with E-state index in [1.807, 2.05) is 0 Å². The molecule has 0 heterocycles. The van der Waals surface area contributed by atoms with Gasteiger partial charge in [-0.2, -0.15) is 13.2 Å². The molecule has 0 aliphatic heterocycles. The Balaban J connectivity index is 4.06. The average Bonchev–Trinajstić information content (AvgIpc) is 2.10. The molecule has 3 nitrogen and oxygen atoms in total. The SMILES string of the molecule is CO[SiH](OC)O[Si](C)(C)CCC(F)(F)F. The van der Waals surface area contributed by atoms with Crippen LogP contribution >= 0.6 is 0 Å². The van der Waals surface area contributed by atoms with Gasteiger partial charge in [0.2, 0.25) is 0 Å². The first-order chi connectivity index (χ1) is 6.70. The smallest absolute Gasteiger partial charge is 0.418 e. The summed E-state index contributed by atoms with van der Waals surface area (Å²) >= 11 is 0. The van der Waals surface area contributed by atoms with Crippen molar-refractivity contribution in [1.29, 1.82) is 0 Å². The fourth-order valence-corrected chi connectivity index (χ4v) is 5.36. The third-order valence-electron chi connectivity index (χ3n) is 1.81. The molecule has 0 saturated carbocycles. The topological polar surface area (TPSA) is 27.7 Å². The molecule has 0 rings (SSSR count). The monoisotopic (exact) mass is 262 g/mol. The van der Waals surface area contributed by atoms with E-state index in [2.05, 4.69) is 0 Å². The Bertz CT molecular complexity index is 183. The van der Waals surface area contributed by atoms with E-state index in [0.717, 1.165) is 0 Å².